The number of rotatable bonds is 7. The molecule has 0 aliphatic rings. The van der Waals surface area contributed by atoms with Crippen molar-refractivity contribution in [2.24, 2.45) is 0 Å². The fourth-order valence-electron chi connectivity index (χ4n) is 3.32. The van der Waals surface area contributed by atoms with E-state index in [0.29, 0.717) is 11.3 Å². The molecule has 0 unspecified atom stereocenters. The number of allylic oxidation sites excluding steroid dienone is 1. The molecule has 0 amide bonds. The van der Waals surface area contributed by atoms with Gasteiger partial charge in [0.1, 0.15) is 0 Å². The lowest BCUT2D eigenvalue weighted by Crippen LogP contribution is -2.13. The van der Waals surface area contributed by atoms with Crippen LogP contribution in [0.5, 0.6) is 0 Å². The Bertz CT molecular complexity index is 1370. The summed E-state index contributed by atoms with van der Waals surface area (Å²) in [5.41, 5.74) is 5.03. The monoisotopic (exact) mass is 453 g/mol. The third-order valence-corrected chi connectivity index (χ3v) is 6.60. The molecule has 4 rings (SSSR count). The van der Waals surface area contributed by atoms with Crippen LogP contribution in [0.3, 0.4) is 0 Å². The lowest BCUT2D eigenvalue weighted by molar-refractivity contribution is 0.104. The van der Waals surface area contributed by atoms with Gasteiger partial charge in [-0.3, -0.25) is 9.52 Å². The van der Waals surface area contributed by atoms with E-state index in [1.165, 1.54) is 6.08 Å². The second-order valence-corrected chi connectivity index (χ2v) is 9.36. The molecular weight excluding hydrogens is 430 g/mol. The Morgan fingerprint density at radius 1 is 0.727 bits per heavy atom. The third kappa shape index (κ3) is 5.64. The van der Waals surface area contributed by atoms with Gasteiger partial charge in [0.15, 0.2) is 5.78 Å². The molecule has 33 heavy (non-hydrogen) atoms. The fourth-order valence-corrected chi connectivity index (χ4v) is 4.38. The summed E-state index contributed by atoms with van der Waals surface area (Å²) in [6.07, 6.45) is 3.29. The Hall–Kier alpha value is -3.96. The highest BCUT2D eigenvalue weighted by Crippen LogP contribution is 2.20. The van der Waals surface area contributed by atoms with Crippen LogP contribution in [0.15, 0.2) is 114 Å². The van der Waals surface area contributed by atoms with Gasteiger partial charge in [0.2, 0.25) is 0 Å². The highest BCUT2D eigenvalue weighted by atomic mass is 32.2. The first kappa shape index (κ1) is 22.2. The second kappa shape index (κ2) is 9.67. The largest absolute Gasteiger partial charge is 0.289 e. The molecule has 0 saturated heterocycles. The van der Waals surface area contributed by atoms with Crippen LogP contribution < -0.4 is 4.72 Å². The van der Waals surface area contributed by atoms with Crippen LogP contribution in [0.25, 0.3) is 17.2 Å². The molecule has 4 aromatic rings. The summed E-state index contributed by atoms with van der Waals surface area (Å²) in [5.74, 6) is -0.157. The Labute approximate surface area is 194 Å². The minimum Gasteiger partial charge on any atom is -0.289 e. The zero-order valence-corrected chi connectivity index (χ0v) is 18.9. The van der Waals surface area contributed by atoms with Crippen molar-refractivity contribution in [2.75, 3.05) is 4.72 Å². The van der Waals surface area contributed by atoms with Gasteiger partial charge in [-0.2, -0.15) is 0 Å². The third-order valence-electron chi connectivity index (χ3n) is 5.20. The number of anilines is 1. The summed E-state index contributed by atoms with van der Waals surface area (Å²) in [6.45, 7) is 1.90. The van der Waals surface area contributed by atoms with E-state index in [2.05, 4.69) is 16.9 Å². The quantitative estimate of drug-likeness (QED) is 0.262. The van der Waals surface area contributed by atoms with Crippen molar-refractivity contribution >= 4 is 27.6 Å². The van der Waals surface area contributed by atoms with Crippen molar-refractivity contribution in [3.63, 3.8) is 0 Å². The maximum absolute atomic E-state index is 12.5. The van der Waals surface area contributed by atoms with Crippen LogP contribution in [0.4, 0.5) is 5.69 Å². The number of ketones is 1. The highest BCUT2D eigenvalue weighted by Gasteiger charge is 2.14. The highest BCUT2D eigenvalue weighted by molar-refractivity contribution is 7.92. The number of carbonyl (C=O) groups excluding carboxylic acids is 1. The molecule has 4 nitrogen and oxygen atoms in total. The number of aryl methyl sites for hydroxylation is 1. The topological polar surface area (TPSA) is 63.2 Å². The van der Waals surface area contributed by atoms with E-state index in [0.717, 1.165) is 22.3 Å². The number of sulfonamides is 1. The molecule has 164 valence electrons. The maximum atomic E-state index is 12.5. The minimum absolute atomic E-state index is 0.157. The van der Waals surface area contributed by atoms with Crippen molar-refractivity contribution in [3.05, 3.63) is 126 Å². The van der Waals surface area contributed by atoms with E-state index in [9.17, 15) is 13.2 Å². The average molecular weight is 454 g/mol. The Morgan fingerprint density at radius 2 is 1.33 bits per heavy atom. The molecule has 0 aromatic heterocycles. The van der Waals surface area contributed by atoms with E-state index in [1.807, 2.05) is 49.4 Å². The molecule has 0 heterocycles. The Morgan fingerprint density at radius 3 is 1.97 bits per heavy atom. The van der Waals surface area contributed by atoms with Crippen LogP contribution in [-0.2, 0) is 10.0 Å². The fraction of sp³-hybridized carbons (Fsp3) is 0.0357. The number of hydrogen-bond acceptors (Lipinski definition) is 3. The summed E-state index contributed by atoms with van der Waals surface area (Å²) in [4.78, 5) is 12.7. The molecule has 4 aromatic carbocycles. The van der Waals surface area contributed by atoms with Crippen LogP contribution in [0.2, 0.25) is 0 Å². The van der Waals surface area contributed by atoms with Gasteiger partial charge >= 0.3 is 0 Å². The first-order chi connectivity index (χ1) is 15.9. The van der Waals surface area contributed by atoms with Crippen LogP contribution in [0, 0.1) is 6.92 Å². The maximum Gasteiger partial charge on any atom is 0.261 e. The van der Waals surface area contributed by atoms with E-state index in [-0.39, 0.29) is 10.7 Å². The Kier molecular flexibility index (Phi) is 6.52. The lowest BCUT2D eigenvalue weighted by Gasteiger charge is -2.08. The van der Waals surface area contributed by atoms with Crippen molar-refractivity contribution in [1.82, 2.24) is 0 Å². The van der Waals surface area contributed by atoms with Gasteiger partial charge in [0.25, 0.3) is 10.0 Å². The number of benzene rings is 4. The van der Waals surface area contributed by atoms with Gasteiger partial charge in [-0.25, -0.2) is 8.42 Å². The SMILES string of the molecule is Cc1ccc(S(=O)(=O)Nc2ccc(C(=O)/C=C/c3ccc(-c4ccccc4)cc3)cc2)cc1. The molecule has 0 radical (unpaired) electrons. The first-order valence-electron chi connectivity index (χ1n) is 10.5. The van der Waals surface area contributed by atoms with Gasteiger partial charge in [-0.1, -0.05) is 78.4 Å². The summed E-state index contributed by atoms with van der Waals surface area (Å²) >= 11 is 0. The first-order valence-corrected chi connectivity index (χ1v) is 12.0. The molecule has 5 heteroatoms. The van der Waals surface area contributed by atoms with Crippen molar-refractivity contribution < 1.29 is 13.2 Å². The standard InChI is InChI=1S/C28H23NO3S/c1-21-7-18-27(19-8-21)33(31,32)29-26-16-14-25(15-17-26)28(30)20-11-22-9-12-24(13-10-22)23-5-3-2-4-6-23/h2-20,29H,1H3/b20-11+. The molecule has 0 atom stereocenters. The average Bonchev–Trinajstić information content (AvgIpc) is 2.84. The zero-order chi connectivity index (χ0) is 23.3. The van der Waals surface area contributed by atoms with Crippen molar-refractivity contribution in [2.45, 2.75) is 11.8 Å². The van der Waals surface area contributed by atoms with Crippen molar-refractivity contribution in [3.8, 4) is 11.1 Å². The zero-order valence-electron chi connectivity index (χ0n) is 18.1. The normalized spacial score (nSPS) is 11.4. The number of carbonyl (C=O) groups is 1. The van der Waals surface area contributed by atoms with E-state index in [1.54, 1.807) is 54.6 Å². The summed E-state index contributed by atoms with van der Waals surface area (Å²) in [5, 5.41) is 0. The molecular formula is C28H23NO3S. The van der Waals surface area contributed by atoms with Crippen molar-refractivity contribution in [1.29, 1.82) is 0 Å². The van der Waals surface area contributed by atoms with Gasteiger partial charge in [0.05, 0.1) is 4.90 Å². The van der Waals surface area contributed by atoms with Gasteiger partial charge in [-0.05, 0) is 66.1 Å². The summed E-state index contributed by atoms with van der Waals surface area (Å²) in [7, 11) is -3.68. The smallest absolute Gasteiger partial charge is 0.261 e. The van der Waals surface area contributed by atoms with Crippen LogP contribution in [0.1, 0.15) is 21.5 Å². The second-order valence-electron chi connectivity index (χ2n) is 7.68. The lowest BCUT2D eigenvalue weighted by atomic mass is 10.0. The van der Waals surface area contributed by atoms with E-state index in [4.69, 9.17) is 0 Å². The molecule has 0 bridgehead atoms. The summed E-state index contributed by atoms with van der Waals surface area (Å²) < 4.78 is 27.6. The van der Waals surface area contributed by atoms with E-state index < -0.39 is 10.0 Å². The van der Waals surface area contributed by atoms with Gasteiger partial charge in [-0.15, -0.1) is 0 Å². The Balaban J connectivity index is 1.41. The van der Waals surface area contributed by atoms with Gasteiger partial charge in [0, 0.05) is 11.3 Å². The van der Waals surface area contributed by atoms with E-state index >= 15 is 0 Å². The predicted molar refractivity (Wildman–Crippen MR) is 134 cm³/mol. The number of hydrogen-bond donors (Lipinski definition) is 1. The molecule has 1 N–H and O–H groups in total. The predicted octanol–water partition coefficient (Wildman–Crippen LogP) is 6.36. The minimum atomic E-state index is -3.68. The number of nitrogens with one attached hydrogen (secondary N) is 1. The summed E-state index contributed by atoms with van der Waals surface area (Å²) in [6, 6.07) is 31.1. The van der Waals surface area contributed by atoms with Crippen LogP contribution >= 0.6 is 0 Å². The van der Waals surface area contributed by atoms with Crippen LogP contribution in [-0.4, -0.2) is 14.2 Å². The molecule has 0 saturated carbocycles. The molecule has 0 spiro atoms. The van der Waals surface area contributed by atoms with Gasteiger partial charge < -0.3 is 0 Å². The molecule has 0 aliphatic heterocycles. The molecule has 0 aliphatic carbocycles. The molecule has 0 fully saturated rings.